The number of hydrogen-bond donors (Lipinski definition) is 2. The normalized spacial score (nSPS) is 13.3. The molecule has 2 N–H and O–H groups in total. The summed E-state index contributed by atoms with van der Waals surface area (Å²) in [6.07, 6.45) is 2.45. The highest BCUT2D eigenvalue weighted by Crippen LogP contribution is 2.25. The van der Waals surface area contributed by atoms with Gasteiger partial charge in [0.2, 0.25) is 5.91 Å². The standard InChI is InChI=1S/C22H28N4O2/c1-17(27)24-20-10-7-8-18(14-20)15-23-22(28)25(2)16-19-9-3-4-11-21(19)26-12-5-6-13-26/h3-4,7-11,14H,5-6,12-13,15-16H2,1-2H3,(H,23,28)(H,24,27). The van der Waals surface area contributed by atoms with E-state index in [1.165, 1.54) is 25.5 Å². The monoisotopic (exact) mass is 380 g/mol. The van der Waals surface area contributed by atoms with E-state index < -0.39 is 0 Å². The van der Waals surface area contributed by atoms with Crippen LogP contribution in [-0.2, 0) is 17.9 Å². The van der Waals surface area contributed by atoms with Crippen molar-refractivity contribution in [2.75, 3.05) is 30.4 Å². The summed E-state index contributed by atoms with van der Waals surface area (Å²) in [6.45, 7) is 4.60. The van der Waals surface area contributed by atoms with Crippen LogP contribution in [0.4, 0.5) is 16.2 Å². The molecule has 2 aromatic rings. The summed E-state index contributed by atoms with van der Waals surface area (Å²) >= 11 is 0. The van der Waals surface area contributed by atoms with E-state index in [9.17, 15) is 9.59 Å². The first-order valence-electron chi connectivity index (χ1n) is 9.71. The van der Waals surface area contributed by atoms with Crippen molar-refractivity contribution in [1.29, 1.82) is 0 Å². The van der Waals surface area contributed by atoms with E-state index in [1.807, 2.05) is 37.4 Å². The van der Waals surface area contributed by atoms with E-state index in [1.54, 1.807) is 4.90 Å². The van der Waals surface area contributed by atoms with Crippen LogP contribution in [0.5, 0.6) is 0 Å². The lowest BCUT2D eigenvalue weighted by Gasteiger charge is -2.24. The smallest absolute Gasteiger partial charge is 0.317 e. The number of anilines is 2. The average Bonchev–Trinajstić information content (AvgIpc) is 3.21. The molecule has 0 atom stereocenters. The Morgan fingerprint density at radius 2 is 1.82 bits per heavy atom. The summed E-state index contributed by atoms with van der Waals surface area (Å²) in [5, 5.41) is 5.70. The Kier molecular flexibility index (Phi) is 6.53. The second-order valence-corrected chi connectivity index (χ2v) is 7.22. The molecule has 6 nitrogen and oxygen atoms in total. The van der Waals surface area contributed by atoms with Gasteiger partial charge in [0.25, 0.3) is 0 Å². The molecule has 6 heteroatoms. The first-order valence-corrected chi connectivity index (χ1v) is 9.71. The number of rotatable bonds is 6. The molecule has 1 aliphatic rings. The molecule has 0 aromatic heterocycles. The number of nitrogens with one attached hydrogen (secondary N) is 2. The van der Waals surface area contributed by atoms with Gasteiger partial charge in [0.05, 0.1) is 0 Å². The van der Waals surface area contributed by atoms with Gasteiger partial charge in [-0.25, -0.2) is 4.79 Å². The summed E-state index contributed by atoms with van der Waals surface area (Å²) in [5.74, 6) is -0.113. The van der Waals surface area contributed by atoms with Gasteiger partial charge >= 0.3 is 6.03 Å². The molecule has 1 fully saturated rings. The van der Waals surface area contributed by atoms with Gasteiger partial charge in [-0.2, -0.15) is 0 Å². The summed E-state index contributed by atoms with van der Waals surface area (Å²) in [4.78, 5) is 27.8. The highest BCUT2D eigenvalue weighted by atomic mass is 16.2. The SMILES string of the molecule is CC(=O)Nc1cccc(CNC(=O)N(C)Cc2ccccc2N2CCCC2)c1. The lowest BCUT2D eigenvalue weighted by Crippen LogP contribution is -2.36. The molecular weight excluding hydrogens is 352 g/mol. The Morgan fingerprint density at radius 3 is 2.57 bits per heavy atom. The minimum atomic E-state index is -0.124. The van der Waals surface area contributed by atoms with Crippen molar-refractivity contribution in [3.05, 3.63) is 59.7 Å². The molecule has 0 unspecified atom stereocenters. The van der Waals surface area contributed by atoms with E-state index in [4.69, 9.17) is 0 Å². The Hall–Kier alpha value is -3.02. The van der Waals surface area contributed by atoms with Crippen LogP contribution in [-0.4, -0.2) is 37.0 Å². The molecular formula is C22H28N4O2. The molecule has 0 spiro atoms. The Labute approximate surface area is 166 Å². The fraction of sp³-hybridized carbons (Fsp3) is 0.364. The molecule has 148 valence electrons. The molecule has 2 aromatic carbocycles. The van der Waals surface area contributed by atoms with Crippen LogP contribution in [0, 0.1) is 0 Å². The van der Waals surface area contributed by atoms with Crippen molar-refractivity contribution < 1.29 is 9.59 Å². The van der Waals surface area contributed by atoms with Gasteiger partial charge in [0, 0.05) is 51.5 Å². The van der Waals surface area contributed by atoms with Crippen LogP contribution in [0.15, 0.2) is 48.5 Å². The minimum absolute atomic E-state index is 0.113. The van der Waals surface area contributed by atoms with Gasteiger partial charge in [-0.15, -0.1) is 0 Å². The van der Waals surface area contributed by atoms with Gasteiger partial charge in [-0.05, 0) is 42.2 Å². The number of carbonyl (C=O) groups is 2. The fourth-order valence-corrected chi connectivity index (χ4v) is 3.51. The lowest BCUT2D eigenvalue weighted by molar-refractivity contribution is -0.114. The Balaban J connectivity index is 1.58. The molecule has 0 aliphatic carbocycles. The van der Waals surface area contributed by atoms with Gasteiger partial charge in [-0.3, -0.25) is 4.79 Å². The van der Waals surface area contributed by atoms with Crippen molar-refractivity contribution in [1.82, 2.24) is 10.2 Å². The zero-order chi connectivity index (χ0) is 19.9. The topological polar surface area (TPSA) is 64.7 Å². The van der Waals surface area contributed by atoms with Crippen LogP contribution in [0.1, 0.15) is 30.9 Å². The molecule has 3 amide bonds. The van der Waals surface area contributed by atoms with Crippen LogP contribution in [0.3, 0.4) is 0 Å². The zero-order valence-electron chi connectivity index (χ0n) is 16.6. The maximum atomic E-state index is 12.5. The number of amides is 3. The van der Waals surface area contributed by atoms with E-state index in [0.29, 0.717) is 13.1 Å². The maximum absolute atomic E-state index is 12.5. The van der Waals surface area contributed by atoms with Gasteiger partial charge in [0.1, 0.15) is 0 Å². The fourth-order valence-electron chi connectivity index (χ4n) is 3.51. The Bertz CT molecular complexity index is 831. The van der Waals surface area contributed by atoms with E-state index in [2.05, 4.69) is 33.7 Å². The maximum Gasteiger partial charge on any atom is 0.317 e. The summed E-state index contributed by atoms with van der Waals surface area (Å²) in [5.41, 5.74) is 4.05. The summed E-state index contributed by atoms with van der Waals surface area (Å²) in [7, 11) is 1.81. The third kappa shape index (κ3) is 5.25. The van der Waals surface area contributed by atoms with Crippen LogP contribution in [0.25, 0.3) is 0 Å². The van der Waals surface area contributed by atoms with Crippen molar-refractivity contribution >= 4 is 23.3 Å². The van der Waals surface area contributed by atoms with E-state index in [-0.39, 0.29) is 11.9 Å². The first-order chi connectivity index (χ1) is 13.5. The number of carbonyl (C=O) groups excluding carboxylic acids is 2. The third-order valence-electron chi connectivity index (χ3n) is 4.88. The van der Waals surface area contributed by atoms with Crippen molar-refractivity contribution in [2.45, 2.75) is 32.9 Å². The lowest BCUT2D eigenvalue weighted by atomic mass is 10.1. The van der Waals surface area contributed by atoms with Crippen molar-refractivity contribution in [2.24, 2.45) is 0 Å². The summed E-state index contributed by atoms with van der Waals surface area (Å²) < 4.78 is 0. The molecule has 3 rings (SSSR count). The van der Waals surface area contributed by atoms with Gasteiger partial charge in [-0.1, -0.05) is 30.3 Å². The molecule has 1 heterocycles. The molecule has 0 saturated carbocycles. The largest absolute Gasteiger partial charge is 0.371 e. The van der Waals surface area contributed by atoms with E-state index >= 15 is 0 Å². The van der Waals surface area contributed by atoms with Crippen LogP contribution in [0.2, 0.25) is 0 Å². The number of urea groups is 1. The third-order valence-corrected chi connectivity index (χ3v) is 4.88. The molecule has 1 aliphatic heterocycles. The molecule has 28 heavy (non-hydrogen) atoms. The number of para-hydroxylation sites is 1. The highest BCUT2D eigenvalue weighted by molar-refractivity contribution is 5.88. The van der Waals surface area contributed by atoms with E-state index in [0.717, 1.165) is 29.9 Å². The van der Waals surface area contributed by atoms with Crippen molar-refractivity contribution in [3.63, 3.8) is 0 Å². The summed E-state index contributed by atoms with van der Waals surface area (Å²) in [6, 6.07) is 15.7. The molecule has 0 bridgehead atoms. The van der Waals surface area contributed by atoms with Crippen LogP contribution >= 0.6 is 0 Å². The first kappa shape index (κ1) is 19.7. The van der Waals surface area contributed by atoms with Gasteiger partial charge in [0.15, 0.2) is 0 Å². The Morgan fingerprint density at radius 1 is 1.07 bits per heavy atom. The quantitative estimate of drug-likeness (QED) is 0.805. The van der Waals surface area contributed by atoms with Crippen molar-refractivity contribution in [3.8, 4) is 0 Å². The molecule has 1 saturated heterocycles. The zero-order valence-corrected chi connectivity index (χ0v) is 16.6. The van der Waals surface area contributed by atoms with Crippen LogP contribution < -0.4 is 15.5 Å². The second-order valence-electron chi connectivity index (χ2n) is 7.22. The highest BCUT2D eigenvalue weighted by Gasteiger charge is 2.17. The predicted octanol–water partition coefficient (Wildman–Crippen LogP) is 3.59. The van der Waals surface area contributed by atoms with Gasteiger partial charge < -0.3 is 20.4 Å². The minimum Gasteiger partial charge on any atom is -0.371 e. The average molecular weight is 380 g/mol. The predicted molar refractivity (Wildman–Crippen MR) is 112 cm³/mol. The number of benzene rings is 2. The number of hydrogen-bond acceptors (Lipinski definition) is 3. The second kappa shape index (κ2) is 9.26. The number of nitrogens with zero attached hydrogens (tertiary/aromatic N) is 2. The molecule has 0 radical (unpaired) electrons.